The number of nitrogens with zero attached hydrogens (tertiary/aromatic N) is 3. The number of rotatable bonds is 8. The Balaban J connectivity index is 1.25. The van der Waals surface area contributed by atoms with Crippen LogP contribution in [-0.2, 0) is 6.61 Å². The summed E-state index contributed by atoms with van der Waals surface area (Å²) in [6, 6.07) is 24.0. The molecule has 6 aromatic rings. The first-order valence-corrected chi connectivity index (χ1v) is 15.3. The second kappa shape index (κ2) is 11.8. The zero-order valence-electron chi connectivity index (χ0n) is 23.3. The van der Waals surface area contributed by atoms with Gasteiger partial charge < -0.3 is 23.4 Å². The summed E-state index contributed by atoms with van der Waals surface area (Å²) in [5.74, 6) is 3.18. The minimum Gasteiger partial charge on any atom is -0.490 e. The monoisotopic (exact) mass is 715 g/mol. The summed E-state index contributed by atoms with van der Waals surface area (Å²) in [6.07, 6.45) is 1.58. The van der Waals surface area contributed by atoms with Crippen LogP contribution < -0.4 is 24.5 Å². The molecule has 0 saturated carbocycles. The number of benzene rings is 4. The van der Waals surface area contributed by atoms with Gasteiger partial charge in [-0.05, 0) is 89.1 Å². The SMILES string of the molecule is CCOc1cc(C=Nn2c(-c3cc4cc(Br)ccc4o3)nc3ccccc3c2=O)c(Br)cc1OCc1ccc2c(c1)OCO2. The molecule has 11 heteroatoms. The third kappa shape index (κ3) is 5.44. The molecule has 0 aliphatic carbocycles. The van der Waals surface area contributed by atoms with E-state index in [1.54, 1.807) is 24.4 Å². The lowest BCUT2D eigenvalue weighted by Gasteiger charge is -2.14. The Kier molecular flexibility index (Phi) is 7.57. The minimum atomic E-state index is -0.326. The summed E-state index contributed by atoms with van der Waals surface area (Å²) in [7, 11) is 0. The minimum absolute atomic E-state index is 0.212. The number of halogens is 2. The van der Waals surface area contributed by atoms with Crippen molar-refractivity contribution in [3.63, 3.8) is 0 Å². The molecule has 0 fully saturated rings. The quantitative estimate of drug-likeness (QED) is 0.148. The largest absolute Gasteiger partial charge is 0.490 e. The number of fused-ring (bicyclic) bond motifs is 3. The van der Waals surface area contributed by atoms with Gasteiger partial charge >= 0.3 is 0 Å². The third-order valence-electron chi connectivity index (χ3n) is 6.96. The van der Waals surface area contributed by atoms with Crippen molar-refractivity contribution >= 4 is 59.9 Å². The highest BCUT2D eigenvalue weighted by atomic mass is 79.9. The average Bonchev–Trinajstić information content (AvgIpc) is 3.67. The Bertz CT molecular complexity index is 2140. The predicted octanol–water partition coefficient (Wildman–Crippen LogP) is 7.92. The van der Waals surface area contributed by atoms with Crippen molar-refractivity contribution in [1.29, 1.82) is 0 Å². The molecular weight excluding hydrogens is 694 g/mol. The Hall–Kier alpha value is -4.61. The van der Waals surface area contributed by atoms with E-state index < -0.39 is 0 Å². The van der Waals surface area contributed by atoms with Crippen LogP contribution >= 0.6 is 31.9 Å². The van der Waals surface area contributed by atoms with Gasteiger partial charge in [0.1, 0.15) is 12.2 Å². The van der Waals surface area contributed by atoms with Crippen LogP contribution in [0.1, 0.15) is 18.1 Å². The number of hydrogen-bond donors (Lipinski definition) is 0. The van der Waals surface area contributed by atoms with Crippen LogP contribution in [0.5, 0.6) is 23.0 Å². The lowest BCUT2D eigenvalue weighted by Crippen LogP contribution is -2.20. The molecule has 0 spiro atoms. The Labute approximate surface area is 267 Å². The van der Waals surface area contributed by atoms with E-state index in [9.17, 15) is 4.79 Å². The molecule has 44 heavy (non-hydrogen) atoms. The van der Waals surface area contributed by atoms with Crippen molar-refractivity contribution in [3.05, 3.63) is 109 Å². The summed E-state index contributed by atoms with van der Waals surface area (Å²) in [4.78, 5) is 18.5. The molecule has 0 unspecified atom stereocenters. The summed E-state index contributed by atoms with van der Waals surface area (Å²) in [6.45, 7) is 2.84. The Morgan fingerprint density at radius 3 is 2.68 bits per heavy atom. The fraction of sp³-hybridized carbons (Fsp3) is 0.121. The maximum Gasteiger partial charge on any atom is 0.282 e. The van der Waals surface area contributed by atoms with Crippen molar-refractivity contribution in [2.24, 2.45) is 5.10 Å². The van der Waals surface area contributed by atoms with Gasteiger partial charge in [0.25, 0.3) is 5.56 Å². The van der Waals surface area contributed by atoms with Crippen molar-refractivity contribution in [2.45, 2.75) is 13.5 Å². The average molecular weight is 717 g/mol. The van der Waals surface area contributed by atoms with Gasteiger partial charge in [-0.3, -0.25) is 4.79 Å². The molecule has 2 aromatic heterocycles. The first-order valence-electron chi connectivity index (χ1n) is 13.7. The van der Waals surface area contributed by atoms with Gasteiger partial charge in [0.05, 0.1) is 23.7 Å². The molecule has 3 heterocycles. The van der Waals surface area contributed by atoms with Crippen molar-refractivity contribution in [2.75, 3.05) is 13.4 Å². The second-order valence-electron chi connectivity index (χ2n) is 9.84. The highest BCUT2D eigenvalue weighted by Crippen LogP contribution is 2.36. The normalized spacial score (nSPS) is 12.4. The van der Waals surface area contributed by atoms with Crippen molar-refractivity contribution in [3.8, 4) is 34.6 Å². The summed E-state index contributed by atoms with van der Waals surface area (Å²) < 4.78 is 31.9. The Morgan fingerprint density at radius 1 is 0.955 bits per heavy atom. The van der Waals surface area contributed by atoms with Gasteiger partial charge in [-0.2, -0.15) is 9.78 Å². The number of aromatic nitrogens is 2. The van der Waals surface area contributed by atoms with Gasteiger partial charge in [-0.1, -0.05) is 34.1 Å². The van der Waals surface area contributed by atoms with E-state index in [1.807, 2.05) is 67.6 Å². The smallest absolute Gasteiger partial charge is 0.282 e. The molecule has 4 aromatic carbocycles. The van der Waals surface area contributed by atoms with Crippen molar-refractivity contribution < 1.29 is 23.4 Å². The van der Waals surface area contributed by atoms with Gasteiger partial charge in [-0.25, -0.2) is 4.98 Å². The summed E-state index contributed by atoms with van der Waals surface area (Å²) in [5.41, 5.74) is 2.48. The summed E-state index contributed by atoms with van der Waals surface area (Å²) in [5, 5.41) is 5.91. The fourth-order valence-electron chi connectivity index (χ4n) is 4.86. The van der Waals surface area contributed by atoms with Crippen LogP contribution in [0.25, 0.3) is 33.5 Å². The zero-order valence-corrected chi connectivity index (χ0v) is 26.4. The number of furan rings is 1. The molecule has 0 saturated heterocycles. The van der Waals surface area contributed by atoms with Gasteiger partial charge in [0.2, 0.25) is 12.6 Å². The highest BCUT2D eigenvalue weighted by Gasteiger charge is 2.18. The van der Waals surface area contributed by atoms with E-state index in [-0.39, 0.29) is 18.2 Å². The molecule has 0 amide bonds. The third-order valence-corrected chi connectivity index (χ3v) is 8.14. The first-order chi connectivity index (χ1) is 21.5. The van der Waals surface area contributed by atoms with E-state index in [4.69, 9.17) is 28.3 Å². The van der Waals surface area contributed by atoms with Crippen LogP contribution in [0.3, 0.4) is 0 Å². The molecule has 9 nitrogen and oxygen atoms in total. The van der Waals surface area contributed by atoms with E-state index >= 15 is 0 Å². The van der Waals surface area contributed by atoms with Crippen LogP contribution in [0.15, 0.2) is 102 Å². The lowest BCUT2D eigenvalue weighted by molar-refractivity contribution is 0.174. The highest BCUT2D eigenvalue weighted by molar-refractivity contribution is 9.10. The zero-order chi connectivity index (χ0) is 30.2. The van der Waals surface area contributed by atoms with Gasteiger partial charge in [0.15, 0.2) is 28.8 Å². The van der Waals surface area contributed by atoms with Crippen molar-refractivity contribution in [1.82, 2.24) is 9.66 Å². The maximum atomic E-state index is 13.7. The molecule has 0 radical (unpaired) electrons. The molecule has 0 bridgehead atoms. The standard InChI is InChI=1S/C33H23Br2N3O6/c1-2-40-29-14-21(24(35)15-30(29)41-17-19-7-9-27-28(11-19)43-18-42-27)16-36-38-32(37-25-6-4-3-5-23(25)33(38)39)31-13-20-12-22(34)8-10-26(20)44-31/h3-16H,2,17-18H2,1H3. The first kappa shape index (κ1) is 28.2. The molecule has 220 valence electrons. The van der Waals surface area contributed by atoms with Gasteiger partial charge in [0, 0.05) is 19.9 Å². The molecule has 1 aliphatic heterocycles. The van der Waals surface area contributed by atoms with Crippen LogP contribution in [-0.4, -0.2) is 29.3 Å². The summed E-state index contributed by atoms with van der Waals surface area (Å²) >= 11 is 7.13. The van der Waals surface area contributed by atoms with Crippen LogP contribution in [0.2, 0.25) is 0 Å². The lowest BCUT2D eigenvalue weighted by atomic mass is 10.2. The van der Waals surface area contributed by atoms with E-state index in [2.05, 4.69) is 37.0 Å². The number of hydrogen-bond acceptors (Lipinski definition) is 8. The number of para-hydroxylation sites is 1. The predicted molar refractivity (Wildman–Crippen MR) is 174 cm³/mol. The molecule has 7 rings (SSSR count). The molecule has 0 atom stereocenters. The maximum absolute atomic E-state index is 13.7. The fourth-order valence-corrected chi connectivity index (χ4v) is 5.66. The van der Waals surface area contributed by atoms with E-state index in [0.29, 0.717) is 68.5 Å². The topological polar surface area (TPSA) is 97.3 Å². The van der Waals surface area contributed by atoms with E-state index in [1.165, 1.54) is 4.68 Å². The van der Waals surface area contributed by atoms with Crippen LogP contribution in [0, 0.1) is 0 Å². The Morgan fingerprint density at radius 2 is 1.80 bits per heavy atom. The number of ether oxygens (including phenoxy) is 4. The molecular formula is C33H23Br2N3O6. The molecule has 0 N–H and O–H groups in total. The molecule has 1 aliphatic rings. The second-order valence-corrected chi connectivity index (χ2v) is 11.6. The van der Waals surface area contributed by atoms with Gasteiger partial charge in [-0.15, -0.1) is 0 Å². The van der Waals surface area contributed by atoms with E-state index in [0.717, 1.165) is 15.4 Å². The van der Waals surface area contributed by atoms with Crippen LogP contribution in [0.4, 0.5) is 0 Å².